The van der Waals surface area contributed by atoms with Crippen molar-refractivity contribution < 1.29 is 9.94 Å². The Kier molecular flexibility index (Phi) is 4.59. The lowest BCUT2D eigenvalue weighted by molar-refractivity contribution is 0.0193. The van der Waals surface area contributed by atoms with Gasteiger partial charge in [-0.1, -0.05) is 32.0 Å². The Morgan fingerprint density at radius 2 is 2.13 bits per heavy atom. The molecule has 0 aromatic heterocycles. The van der Waals surface area contributed by atoms with Crippen LogP contribution in [0.2, 0.25) is 0 Å². The fourth-order valence-corrected chi connectivity index (χ4v) is 1.22. The lowest BCUT2D eigenvalue weighted by Crippen LogP contribution is -2.17. The van der Waals surface area contributed by atoms with Crippen molar-refractivity contribution in [2.75, 3.05) is 6.61 Å². The highest BCUT2D eigenvalue weighted by Gasteiger charge is 2.02. The van der Waals surface area contributed by atoms with Crippen LogP contribution in [0.15, 0.2) is 18.2 Å². The van der Waals surface area contributed by atoms with E-state index in [2.05, 4.69) is 19.3 Å². The molecule has 0 aliphatic heterocycles. The molecule has 0 fully saturated rings. The van der Waals surface area contributed by atoms with E-state index >= 15 is 0 Å². The normalized spacial score (nSPS) is 10.9. The second kappa shape index (κ2) is 5.73. The lowest BCUT2D eigenvalue weighted by atomic mass is 10.1. The van der Waals surface area contributed by atoms with Crippen LogP contribution in [0.4, 0.5) is 0 Å². The molecule has 2 N–H and O–H groups in total. The van der Waals surface area contributed by atoms with Crippen molar-refractivity contribution in [3.63, 3.8) is 0 Å². The van der Waals surface area contributed by atoms with Crippen molar-refractivity contribution in [2.24, 2.45) is 5.92 Å². The Morgan fingerprint density at radius 1 is 1.40 bits per heavy atom. The third-order valence-corrected chi connectivity index (χ3v) is 2.10. The SMILES string of the molecule is Cc1cccc(CNOCC(C)C)c1O. The lowest BCUT2D eigenvalue weighted by Gasteiger charge is -2.10. The number of para-hydroxylation sites is 1. The second-order valence-corrected chi connectivity index (χ2v) is 4.11. The molecule has 3 heteroatoms. The molecular formula is C12H19NO2. The number of hydroxylamine groups is 1. The maximum Gasteiger partial charge on any atom is 0.123 e. The fraction of sp³-hybridized carbons (Fsp3) is 0.500. The highest BCUT2D eigenvalue weighted by molar-refractivity contribution is 5.39. The molecule has 0 unspecified atom stereocenters. The molecule has 0 heterocycles. The minimum absolute atomic E-state index is 0.346. The van der Waals surface area contributed by atoms with Crippen LogP contribution in [-0.4, -0.2) is 11.7 Å². The number of aromatic hydroxyl groups is 1. The zero-order chi connectivity index (χ0) is 11.3. The summed E-state index contributed by atoms with van der Waals surface area (Å²) >= 11 is 0. The molecule has 1 rings (SSSR count). The first-order chi connectivity index (χ1) is 7.11. The molecule has 0 amide bonds. The van der Waals surface area contributed by atoms with E-state index in [1.54, 1.807) is 0 Å². The van der Waals surface area contributed by atoms with Gasteiger partial charge in [0.15, 0.2) is 0 Å². The van der Waals surface area contributed by atoms with Crippen molar-refractivity contribution in [2.45, 2.75) is 27.3 Å². The topological polar surface area (TPSA) is 41.5 Å². The second-order valence-electron chi connectivity index (χ2n) is 4.11. The van der Waals surface area contributed by atoms with Crippen LogP contribution < -0.4 is 5.48 Å². The van der Waals surface area contributed by atoms with E-state index in [0.29, 0.717) is 24.8 Å². The van der Waals surface area contributed by atoms with Crippen LogP contribution in [0.25, 0.3) is 0 Å². The van der Waals surface area contributed by atoms with Gasteiger partial charge in [0.25, 0.3) is 0 Å². The van der Waals surface area contributed by atoms with E-state index in [4.69, 9.17) is 4.84 Å². The first-order valence-corrected chi connectivity index (χ1v) is 5.23. The van der Waals surface area contributed by atoms with Gasteiger partial charge in [0, 0.05) is 12.1 Å². The van der Waals surface area contributed by atoms with Gasteiger partial charge in [-0.25, -0.2) is 0 Å². The maximum atomic E-state index is 9.71. The van der Waals surface area contributed by atoms with Crippen molar-refractivity contribution >= 4 is 0 Å². The van der Waals surface area contributed by atoms with E-state index in [1.165, 1.54) is 0 Å². The molecule has 0 spiro atoms. The molecule has 0 aliphatic rings. The van der Waals surface area contributed by atoms with E-state index in [0.717, 1.165) is 11.1 Å². The Labute approximate surface area is 91.0 Å². The van der Waals surface area contributed by atoms with Crippen LogP contribution in [0.3, 0.4) is 0 Å². The summed E-state index contributed by atoms with van der Waals surface area (Å²) in [5.41, 5.74) is 4.59. The summed E-state index contributed by atoms with van der Waals surface area (Å²) in [7, 11) is 0. The van der Waals surface area contributed by atoms with Gasteiger partial charge >= 0.3 is 0 Å². The van der Waals surface area contributed by atoms with Crippen molar-refractivity contribution in [1.82, 2.24) is 5.48 Å². The van der Waals surface area contributed by atoms with Gasteiger partial charge < -0.3 is 9.94 Å². The summed E-state index contributed by atoms with van der Waals surface area (Å²) in [5.74, 6) is 0.849. The molecule has 0 radical (unpaired) electrons. The van der Waals surface area contributed by atoms with Crippen molar-refractivity contribution in [1.29, 1.82) is 0 Å². The number of hydrogen-bond acceptors (Lipinski definition) is 3. The number of nitrogens with one attached hydrogen (secondary N) is 1. The third kappa shape index (κ3) is 3.90. The summed E-state index contributed by atoms with van der Waals surface area (Å²) in [6.07, 6.45) is 0. The van der Waals surface area contributed by atoms with Crippen molar-refractivity contribution in [3.8, 4) is 5.75 Å². The predicted octanol–water partition coefficient (Wildman–Crippen LogP) is 2.38. The summed E-state index contributed by atoms with van der Waals surface area (Å²) in [6.45, 7) is 7.26. The fourth-order valence-electron chi connectivity index (χ4n) is 1.22. The number of aryl methyl sites for hydroxylation is 1. The molecule has 84 valence electrons. The Morgan fingerprint density at radius 3 is 2.80 bits per heavy atom. The van der Waals surface area contributed by atoms with E-state index in [-0.39, 0.29) is 0 Å². The van der Waals surface area contributed by atoms with Crippen molar-refractivity contribution in [3.05, 3.63) is 29.3 Å². The summed E-state index contributed by atoms with van der Waals surface area (Å²) in [6, 6.07) is 5.69. The largest absolute Gasteiger partial charge is 0.507 e. The zero-order valence-electron chi connectivity index (χ0n) is 9.58. The Hall–Kier alpha value is -1.06. The molecule has 3 nitrogen and oxygen atoms in total. The molecule has 15 heavy (non-hydrogen) atoms. The van der Waals surface area contributed by atoms with Gasteiger partial charge in [0.1, 0.15) is 5.75 Å². The summed E-state index contributed by atoms with van der Waals surface area (Å²) in [5, 5.41) is 9.71. The Balaban J connectivity index is 2.41. The minimum Gasteiger partial charge on any atom is -0.507 e. The molecular weight excluding hydrogens is 190 g/mol. The summed E-state index contributed by atoms with van der Waals surface area (Å²) < 4.78 is 0. The molecule has 0 aliphatic carbocycles. The van der Waals surface area contributed by atoms with Gasteiger partial charge in [0.05, 0.1) is 6.61 Å². The maximum absolute atomic E-state index is 9.71. The number of benzene rings is 1. The van der Waals surface area contributed by atoms with Gasteiger partial charge in [-0.2, -0.15) is 5.48 Å². The number of hydrogen-bond donors (Lipinski definition) is 2. The average Bonchev–Trinajstić information content (AvgIpc) is 2.18. The van der Waals surface area contributed by atoms with Crippen LogP contribution in [0, 0.1) is 12.8 Å². The smallest absolute Gasteiger partial charge is 0.123 e. The van der Waals surface area contributed by atoms with E-state index in [9.17, 15) is 5.11 Å². The third-order valence-electron chi connectivity index (χ3n) is 2.10. The monoisotopic (exact) mass is 209 g/mol. The molecule has 0 atom stereocenters. The highest BCUT2D eigenvalue weighted by Crippen LogP contribution is 2.20. The highest BCUT2D eigenvalue weighted by atomic mass is 16.6. The van der Waals surface area contributed by atoms with Gasteiger partial charge in [-0.15, -0.1) is 0 Å². The average molecular weight is 209 g/mol. The standard InChI is InChI=1S/C12H19NO2/c1-9(2)8-15-13-7-11-6-4-5-10(3)12(11)14/h4-6,9,13-14H,7-8H2,1-3H3. The molecule has 0 saturated carbocycles. The minimum atomic E-state index is 0.346. The van der Waals surface area contributed by atoms with Crippen LogP contribution in [-0.2, 0) is 11.4 Å². The first-order valence-electron chi connectivity index (χ1n) is 5.23. The molecule has 0 saturated heterocycles. The molecule has 1 aromatic rings. The predicted molar refractivity (Wildman–Crippen MR) is 60.5 cm³/mol. The number of phenolic OH excluding ortho intramolecular Hbond substituents is 1. The number of phenols is 1. The van der Waals surface area contributed by atoms with Crippen LogP contribution >= 0.6 is 0 Å². The quantitative estimate of drug-likeness (QED) is 0.578. The number of rotatable bonds is 5. The van der Waals surface area contributed by atoms with Gasteiger partial charge in [-0.05, 0) is 18.4 Å². The molecule has 1 aromatic carbocycles. The van der Waals surface area contributed by atoms with Crippen LogP contribution in [0.5, 0.6) is 5.75 Å². The Bertz CT molecular complexity index is 310. The van der Waals surface area contributed by atoms with Crippen LogP contribution in [0.1, 0.15) is 25.0 Å². The summed E-state index contributed by atoms with van der Waals surface area (Å²) in [4.78, 5) is 5.23. The van der Waals surface area contributed by atoms with Gasteiger partial charge in [0.2, 0.25) is 0 Å². The van der Waals surface area contributed by atoms with E-state index < -0.39 is 0 Å². The first kappa shape index (κ1) is 12.0. The van der Waals surface area contributed by atoms with E-state index in [1.807, 2.05) is 25.1 Å². The molecule has 0 bridgehead atoms. The van der Waals surface area contributed by atoms with Gasteiger partial charge in [-0.3, -0.25) is 0 Å². The zero-order valence-corrected chi connectivity index (χ0v) is 9.58.